The molecular formula is C13H12F3N3. The van der Waals surface area contributed by atoms with E-state index in [0.29, 0.717) is 0 Å². The Morgan fingerprint density at radius 1 is 1.11 bits per heavy atom. The highest BCUT2D eigenvalue weighted by Gasteiger charge is 2.34. The normalized spacial score (nSPS) is 15.3. The van der Waals surface area contributed by atoms with Crippen molar-refractivity contribution in [2.24, 2.45) is 0 Å². The van der Waals surface area contributed by atoms with Gasteiger partial charge in [0.15, 0.2) is 5.82 Å². The second kappa shape index (κ2) is 4.36. The van der Waals surface area contributed by atoms with Crippen molar-refractivity contribution in [1.82, 2.24) is 14.8 Å². The molecule has 0 fully saturated rings. The number of aromatic nitrogens is 3. The quantitative estimate of drug-likeness (QED) is 0.793. The molecule has 1 aromatic heterocycles. The molecule has 0 spiro atoms. The number of hydrogen-bond acceptors (Lipinski definition) is 2. The Morgan fingerprint density at radius 2 is 1.89 bits per heavy atom. The number of hydrogen-bond donors (Lipinski definition) is 0. The molecule has 2 aromatic rings. The summed E-state index contributed by atoms with van der Waals surface area (Å²) < 4.78 is 40.6. The Kier molecular flexibility index (Phi) is 2.80. The Bertz CT molecular complexity index is 578. The lowest BCUT2D eigenvalue weighted by atomic mass is 10.1. The van der Waals surface area contributed by atoms with E-state index in [0.717, 1.165) is 37.7 Å². The van der Waals surface area contributed by atoms with Crippen LogP contribution in [-0.4, -0.2) is 14.8 Å². The van der Waals surface area contributed by atoms with Crippen LogP contribution < -0.4 is 0 Å². The molecule has 3 rings (SSSR count). The van der Waals surface area contributed by atoms with Gasteiger partial charge >= 0.3 is 6.18 Å². The number of nitrogens with zero attached hydrogens (tertiary/aromatic N) is 3. The summed E-state index contributed by atoms with van der Waals surface area (Å²) in [6.45, 7) is 0.733. The van der Waals surface area contributed by atoms with Gasteiger partial charge in [0.05, 0.1) is 5.56 Å². The van der Waals surface area contributed by atoms with Crippen LogP contribution in [0.5, 0.6) is 0 Å². The van der Waals surface area contributed by atoms with E-state index in [1.807, 2.05) is 0 Å². The summed E-state index contributed by atoms with van der Waals surface area (Å²) in [5.41, 5.74) is -0.630. The lowest BCUT2D eigenvalue weighted by Crippen LogP contribution is -2.11. The SMILES string of the molecule is FC(F)(F)c1ccccc1-c1nc2n(n1)CCCC2. The van der Waals surface area contributed by atoms with E-state index in [9.17, 15) is 13.2 Å². The number of aryl methyl sites for hydroxylation is 2. The third kappa shape index (κ3) is 2.22. The van der Waals surface area contributed by atoms with Crippen LogP contribution in [0.15, 0.2) is 24.3 Å². The predicted octanol–water partition coefficient (Wildman–Crippen LogP) is 3.30. The minimum absolute atomic E-state index is 0.0527. The Labute approximate surface area is 108 Å². The molecule has 0 atom stereocenters. The topological polar surface area (TPSA) is 30.7 Å². The molecule has 1 aliphatic heterocycles. The zero-order valence-electron chi connectivity index (χ0n) is 10.1. The van der Waals surface area contributed by atoms with Gasteiger partial charge in [-0.3, -0.25) is 0 Å². The van der Waals surface area contributed by atoms with Gasteiger partial charge < -0.3 is 0 Å². The molecule has 0 saturated carbocycles. The molecule has 0 unspecified atom stereocenters. The highest BCUT2D eigenvalue weighted by Crippen LogP contribution is 2.36. The van der Waals surface area contributed by atoms with Crippen LogP contribution in [0, 0.1) is 0 Å². The highest BCUT2D eigenvalue weighted by molar-refractivity contribution is 5.60. The van der Waals surface area contributed by atoms with Crippen molar-refractivity contribution in [3.05, 3.63) is 35.7 Å². The maximum Gasteiger partial charge on any atom is 0.417 e. The standard InChI is InChI=1S/C13H12F3N3/c14-13(15,16)10-6-2-1-5-9(10)12-17-11-7-3-4-8-19(11)18-12/h1-2,5-6H,3-4,7-8H2. The van der Waals surface area contributed by atoms with Gasteiger partial charge in [-0.2, -0.15) is 18.3 Å². The molecule has 0 radical (unpaired) electrons. The molecule has 3 nitrogen and oxygen atoms in total. The highest BCUT2D eigenvalue weighted by atomic mass is 19.4. The average molecular weight is 267 g/mol. The Morgan fingerprint density at radius 3 is 2.63 bits per heavy atom. The van der Waals surface area contributed by atoms with Crippen molar-refractivity contribution in [2.75, 3.05) is 0 Å². The summed E-state index contributed by atoms with van der Waals surface area (Å²) in [6, 6.07) is 5.44. The largest absolute Gasteiger partial charge is 0.417 e. The lowest BCUT2D eigenvalue weighted by molar-refractivity contribution is -0.137. The first-order valence-electron chi connectivity index (χ1n) is 6.16. The summed E-state index contributed by atoms with van der Waals surface area (Å²) in [4.78, 5) is 4.25. The van der Waals surface area contributed by atoms with E-state index in [2.05, 4.69) is 10.1 Å². The lowest BCUT2D eigenvalue weighted by Gasteiger charge is -2.10. The van der Waals surface area contributed by atoms with Gasteiger partial charge in [-0.1, -0.05) is 18.2 Å². The summed E-state index contributed by atoms with van der Waals surface area (Å²) in [5, 5.41) is 4.20. The monoisotopic (exact) mass is 267 g/mol. The molecule has 0 N–H and O–H groups in total. The molecule has 0 aliphatic carbocycles. The second-order valence-corrected chi connectivity index (χ2v) is 4.58. The summed E-state index contributed by atoms with van der Waals surface area (Å²) in [5.74, 6) is 0.947. The first-order chi connectivity index (χ1) is 9.05. The van der Waals surface area contributed by atoms with E-state index in [4.69, 9.17) is 0 Å². The van der Waals surface area contributed by atoms with Crippen LogP contribution in [0.1, 0.15) is 24.2 Å². The maximum atomic E-state index is 13.0. The van der Waals surface area contributed by atoms with E-state index < -0.39 is 11.7 Å². The van der Waals surface area contributed by atoms with Gasteiger partial charge in [-0.15, -0.1) is 0 Å². The van der Waals surface area contributed by atoms with Crippen LogP contribution in [0.4, 0.5) is 13.2 Å². The van der Waals surface area contributed by atoms with Crippen LogP contribution in [0.2, 0.25) is 0 Å². The third-order valence-corrected chi connectivity index (χ3v) is 3.24. The number of alkyl halides is 3. The van der Waals surface area contributed by atoms with Crippen molar-refractivity contribution in [3.63, 3.8) is 0 Å². The fourth-order valence-corrected chi connectivity index (χ4v) is 2.32. The van der Waals surface area contributed by atoms with Crippen molar-refractivity contribution in [3.8, 4) is 11.4 Å². The van der Waals surface area contributed by atoms with E-state index in [-0.39, 0.29) is 11.4 Å². The van der Waals surface area contributed by atoms with Crippen molar-refractivity contribution in [2.45, 2.75) is 32.0 Å². The molecule has 0 bridgehead atoms. The Hall–Kier alpha value is -1.85. The molecule has 6 heteroatoms. The van der Waals surface area contributed by atoms with Crippen LogP contribution in [-0.2, 0) is 19.1 Å². The zero-order chi connectivity index (χ0) is 13.5. The summed E-state index contributed by atoms with van der Waals surface area (Å²) >= 11 is 0. The number of rotatable bonds is 1. The predicted molar refractivity (Wildman–Crippen MR) is 63.4 cm³/mol. The third-order valence-electron chi connectivity index (χ3n) is 3.24. The maximum absolute atomic E-state index is 13.0. The van der Waals surface area contributed by atoms with Gasteiger partial charge in [-0.05, 0) is 18.9 Å². The van der Waals surface area contributed by atoms with Gasteiger partial charge in [0, 0.05) is 18.5 Å². The molecular weight excluding hydrogens is 255 g/mol. The van der Waals surface area contributed by atoms with E-state index >= 15 is 0 Å². The van der Waals surface area contributed by atoms with Crippen LogP contribution >= 0.6 is 0 Å². The van der Waals surface area contributed by atoms with Gasteiger partial charge in [-0.25, -0.2) is 9.67 Å². The molecule has 19 heavy (non-hydrogen) atoms. The van der Waals surface area contributed by atoms with Crippen molar-refractivity contribution in [1.29, 1.82) is 0 Å². The van der Waals surface area contributed by atoms with Crippen LogP contribution in [0.3, 0.4) is 0 Å². The first-order valence-corrected chi connectivity index (χ1v) is 6.16. The van der Waals surface area contributed by atoms with Crippen LogP contribution in [0.25, 0.3) is 11.4 Å². The fraction of sp³-hybridized carbons (Fsp3) is 0.385. The van der Waals surface area contributed by atoms with Crippen molar-refractivity contribution < 1.29 is 13.2 Å². The fourth-order valence-electron chi connectivity index (χ4n) is 2.32. The van der Waals surface area contributed by atoms with Gasteiger partial charge in [0.1, 0.15) is 5.82 Å². The van der Waals surface area contributed by atoms with Gasteiger partial charge in [0.25, 0.3) is 0 Å². The molecule has 2 heterocycles. The summed E-state index contributed by atoms with van der Waals surface area (Å²) in [7, 11) is 0. The van der Waals surface area contributed by atoms with E-state index in [1.54, 1.807) is 10.7 Å². The smallest absolute Gasteiger partial charge is 0.249 e. The molecule has 1 aliphatic rings. The number of halogens is 3. The number of benzene rings is 1. The number of fused-ring (bicyclic) bond motifs is 1. The van der Waals surface area contributed by atoms with E-state index in [1.165, 1.54) is 12.1 Å². The minimum Gasteiger partial charge on any atom is -0.249 e. The van der Waals surface area contributed by atoms with Crippen molar-refractivity contribution >= 4 is 0 Å². The minimum atomic E-state index is -4.39. The first kappa shape index (κ1) is 12.2. The zero-order valence-corrected chi connectivity index (χ0v) is 10.1. The molecule has 1 aromatic carbocycles. The second-order valence-electron chi connectivity index (χ2n) is 4.58. The Balaban J connectivity index is 2.09. The van der Waals surface area contributed by atoms with Gasteiger partial charge in [0.2, 0.25) is 0 Å². The molecule has 0 amide bonds. The molecule has 100 valence electrons. The average Bonchev–Trinajstić information content (AvgIpc) is 2.81. The summed E-state index contributed by atoms with van der Waals surface area (Å²) in [6.07, 6.45) is -1.60. The molecule has 0 saturated heterocycles.